The van der Waals surface area contributed by atoms with Crippen LogP contribution in [-0.4, -0.2) is 30.5 Å². The van der Waals surface area contributed by atoms with Crippen molar-refractivity contribution in [3.05, 3.63) is 90.1 Å². The molecule has 7 nitrogen and oxygen atoms in total. The molecule has 146 valence electrons. The summed E-state index contributed by atoms with van der Waals surface area (Å²) < 4.78 is 9.02. The first kappa shape index (κ1) is 18.6. The number of ether oxygens (including phenoxy) is 1. The van der Waals surface area contributed by atoms with Crippen molar-refractivity contribution in [2.45, 2.75) is 26.4 Å². The molecule has 0 N–H and O–H groups in total. The van der Waals surface area contributed by atoms with Crippen LogP contribution in [0.25, 0.3) is 11.5 Å². The van der Waals surface area contributed by atoms with Crippen LogP contribution < -0.4 is 0 Å². The lowest BCUT2D eigenvalue weighted by Gasteiger charge is -2.12. The van der Waals surface area contributed by atoms with Crippen LogP contribution in [0, 0.1) is 0 Å². The van der Waals surface area contributed by atoms with Crippen molar-refractivity contribution in [2.24, 2.45) is 0 Å². The Balaban J connectivity index is 1.49. The summed E-state index contributed by atoms with van der Waals surface area (Å²) >= 11 is 0. The van der Waals surface area contributed by atoms with Crippen LogP contribution in [0.3, 0.4) is 0 Å². The SMILES string of the molecule is CC(C)c1c(C(=O)OCc2ccc(-n3cccn3)cc2)cnn1-c1ccccn1. The monoisotopic (exact) mass is 387 g/mol. The number of pyridine rings is 1. The van der Waals surface area contributed by atoms with E-state index in [2.05, 4.69) is 15.2 Å². The Kier molecular flexibility index (Phi) is 5.20. The van der Waals surface area contributed by atoms with E-state index in [0.717, 1.165) is 16.9 Å². The van der Waals surface area contributed by atoms with E-state index in [1.54, 1.807) is 28.0 Å². The Morgan fingerprint density at radius 1 is 1.03 bits per heavy atom. The lowest BCUT2D eigenvalue weighted by Crippen LogP contribution is -2.11. The summed E-state index contributed by atoms with van der Waals surface area (Å²) in [4.78, 5) is 17.1. The standard InChI is InChI=1S/C22H21N5O2/c1-16(2)21-19(14-25-27(21)20-6-3-4-11-23-20)22(28)29-15-17-7-9-18(10-8-17)26-13-5-12-24-26/h3-14,16H,15H2,1-2H3. The summed E-state index contributed by atoms with van der Waals surface area (Å²) in [6, 6.07) is 15.2. The van der Waals surface area contributed by atoms with Crippen LogP contribution in [0.5, 0.6) is 0 Å². The predicted octanol–water partition coefficient (Wildman–Crippen LogP) is 3.93. The van der Waals surface area contributed by atoms with Gasteiger partial charge in [0, 0.05) is 18.6 Å². The Bertz CT molecular complexity index is 1080. The van der Waals surface area contributed by atoms with Crippen LogP contribution >= 0.6 is 0 Å². The topological polar surface area (TPSA) is 74.8 Å². The molecule has 0 fully saturated rings. The second-order valence-corrected chi connectivity index (χ2v) is 6.89. The Labute approximate surface area is 168 Å². The Hall–Kier alpha value is -3.74. The molecule has 0 aliphatic rings. The summed E-state index contributed by atoms with van der Waals surface area (Å²) in [5.41, 5.74) is 3.09. The second kappa shape index (κ2) is 8.10. The van der Waals surface area contributed by atoms with Gasteiger partial charge in [0.15, 0.2) is 5.82 Å². The molecule has 3 heterocycles. The number of rotatable bonds is 6. The first-order valence-electron chi connectivity index (χ1n) is 9.39. The molecular weight excluding hydrogens is 366 g/mol. The number of benzene rings is 1. The zero-order valence-electron chi connectivity index (χ0n) is 16.3. The minimum absolute atomic E-state index is 0.0791. The highest BCUT2D eigenvalue weighted by molar-refractivity contribution is 5.90. The summed E-state index contributed by atoms with van der Waals surface area (Å²) in [6.45, 7) is 4.22. The first-order valence-corrected chi connectivity index (χ1v) is 9.39. The van der Waals surface area contributed by atoms with Gasteiger partial charge in [-0.1, -0.05) is 32.0 Å². The van der Waals surface area contributed by atoms with E-state index in [1.165, 1.54) is 0 Å². The van der Waals surface area contributed by atoms with Gasteiger partial charge in [0.05, 0.1) is 17.6 Å². The summed E-state index contributed by atoms with van der Waals surface area (Å²) in [6.07, 6.45) is 6.86. The molecule has 0 radical (unpaired) electrons. The van der Waals surface area contributed by atoms with Gasteiger partial charge in [-0.15, -0.1) is 0 Å². The van der Waals surface area contributed by atoms with Gasteiger partial charge in [0.1, 0.15) is 12.2 Å². The Morgan fingerprint density at radius 3 is 2.52 bits per heavy atom. The molecule has 0 saturated carbocycles. The fourth-order valence-corrected chi connectivity index (χ4v) is 3.13. The van der Waals surface area contributed by atoms with Crippen molar-refractivity contribution in [2.75, 3.05) is 0 Å². The quantitative estimate of drug-likeness (QED) is 0.469. The number of nitrogens with zero attached hydrogens (tertiary/aromatic N) is 5. The van der Waals surface area contributed by atoms with Gasteiger partial charge in [-0.3, -0.25) is 0 Å². The van der Waals surface area contributed by atoms with Crippen molar-refractivity contribution in [3.63, 3.8) is 0 Å². The molecule has 0 bridgehead atoms. The number of carbonyl (C=O) groups is 1. The van der Waals surface area contributed by atoms with Crippen LogP contribution in [0.1, 0.15) is 41.4 Å². The van der Waals surface area contributed by atoms with E-state index in [1.807, 2.05) is 68.6 Å². The van der Waals surface area contributed by atoms with Crippen molar-refractivity contribution in [1.29, 1.82) is 0 Å². The van der Waals surface area contributed by atoms with Gasteiger partial charge in [-0.2, -0.15) is 10.2 Å². The third-order valence-electron chi connectivity index (χ3n) is 4.51. The van der Waals surface area contributed by atoms with Crippen LogP contribution in [-0.2, 0) is 11.3 Å². The number of hydrogen-bond donors (Lipinski definition) is 0. The summed E-state index contributed by atoms with van der Waals surface area (Å²) in [5, 5.41) is 8.57. The number of esters is 1. The molecular formula is C22H21N5O2. The van der Waals surface area contributed by atoms with Gasteiger partial charge >= 0.3 is 5.97 Å². The lowest BCUT2D eigenvalue weighted by molar-refractivity contribution is 0.0471. The van der Waals surface area contributed by atoms with Gasteiger partial charge in [-0.05, 0) is 41.8 Å². The molecule has 1 aromatic carbocycles. The van der Waals surface area contributed by atoms with Crippen molar-refractivity contribution in [1.82, 2.24) is 24.5 Å². The number of aromatic nitrogens is 5. The normalized spacial score (nSPS) is 11.0. The third kappa shape index (κ3) is 3.94. The highest BCUT2D eigenvalue weighted by Crippen LogP contribution is 2.23. The number of hydrogen-bond acceptors (Lipinski definition) is 5. The molecule has 4 rings (SSSR count). The first-order chi connectivity index (χ1) is 14.1. The van der Waals surface area contributed by atoms with Crippen LogP contribution in [0.15, 0.2) is 73.3 Å². The maximum atomic E-state index is 12.7. The van der Waals surface area contributed by atoms with E-state index in [9.17, 15) is 4.79 Å². The van der Waals surface area contributed by atoms with Crippen LogP contribution in [0.2, 0.25) is 0 Å². The zero-order valence-corrected chi connectivity index (χ0v) is 16.3. The molecule has 0 spiro atoms. The molecule has 3 aromatic heterocycles. The maximum Gasteiger partial charge on any atom is 0.341 e. The van der Waals surface area contributed by atoms with Gasteiger partial charge in [-0.25, -0.2) is 19.1 Å². The molecule has 4 aromatic rings. The van der Waals surface area contributed by atoms with Crippen molar-refractivity contribution in [3.8, 4) is 11.5 Å². The maximum absolute atomic E-state index is 12.7. The average molecular weight is 387 g/mol. The molecule has 7 heteroatoms. The molecule has 0 saturated heterocycles. The van der Waals surface area contributed by atoms with Gasteiger partial charge < -0.3 is 4.74 Å². The Morgan fingerprint density at radius 2 is 1.86 bits per heavy atom. The highest BCUT2D eigenvalue weighted by Gasteiger charge is 2.22. The third-order valence-corrected chi connectivity index (χ3v) is 4.51. The van der Waals surface area contributed by atoms with Crippen molar-refractivity contribution >= 4 is 5.97 Å². The molecule has 0 atom stereocenters. The average Bonchev–Trinajstić information content (AvgIpc) is 3.43. The molecule has 0 amide bonds. The largest absolute Gasteiger partial charge is 0.457 e. The van der Waals surface area contributed by atoms with E-state index in [4.69, 9.17) is 4.74 Å². The molecule has 0 aliphatic heterocycles. The fraction of sp³-hybridized carbons (Fsp3) is 0.182. The van der Waals surface area contributed by atoms with E-state index in [-0.39, 0.29) is 12.5 Å². The highest BCUT2D eigenvalue weighted by atomic mass is 16.5. The summed E-state index contributed by atoms with van der Waals surface area (Å²) in [5.74, 6) is 0.354. The van der Waals surface area contributed by atoms with E-state index in [0.29, 0.717) is 11.4 Å². The van der Waals surface area contributed by atoms with Crippen molar-refractivity contribution < 1.29 is 9.53 Å². The zero-order chi connectivity index (χ0) is 20.2. The molecule has 0 aliphatic carbocycles. The van der Waals surface area contributed by atoms with E-state index < -0.39 is 5.97 Å². The molecule has 29 heavy (non-hydrogen) atoms. The fourth-order valence-electron chi connectivity index (χ4n) is 3.13. The van der Waals surface area contributed by atoms with E-state index >= 15 is 0 Å². The molecule has 0 unspecified atom stereocenters. The van der Waals surface area contributed by atoms with Gasteiger partial charge in [0.2, 0.25) is 0 Å². The predicted molar refractivity (Wildman–Crippen MR) is 108 cm³/mol. The van der Waals surface area contributed by atoms with Crippen LogP contribution in [0.4, 0.5) is 0 Å². The second-order valence-electron chi connectivity index (χ2n) is 6.89. The minimum atomic E-state index is -0.396. The minimum Gasteiger partial charge on any atom is -0.457 e. The number of carbonyl (C=O) groups excluding carboxylic acids is 1. The smallest absolute Gasteiger partial charge is 0.341 e. The van der Waals surface area contributed by atoms with Gasteiger partial charge in [0.25, 0.3) is 0 Å². The lowest BCUT2D eigenvalue weighted by atomic mass is 10.1. The summed E-state index contributed by atoms with van der Waals surface area (Å²) in [7, 11) is 0.